The Morgan fingerprint density at radius 1 is 1.10 bits per heavy atom. The third-order valence-electron chi connectivity index (χ3n) is 3.60. The number of aromatic amines is 1. The van der Waals surface area contributed by atoms with Crippen LogP contribution in [-0.2, 0) is 6.54 Å². The van der Waals surface area contributed by atoms with Gasteiger partial charge in [0, 0.05) is 28.8 Å². The highest BCUT2D eigenvalue weighted by atomic mass is 79.9. The van der Waals surface area contributed by atoms with E-state index in [1.807, 2.05) is 6.20 Å². The number of H-pyrrole nitrogens is 1. The fourth-order valence-electron chi connectivity index (χ4n) is 2.35. The average molecular weight is 329 g/mol. The first-order chi connectivity index (χ1) is 9.72. The molecule has 0 fully saturated rings. The van der Waals surface area contributed by atoms with Crippen LogP contribution in [0.4, 0.5) is 0 Å². The SMILES string of the molecule is CC(NCc1ccc2cc[nH]c2c1)c1ccc(Br)cc1. The molecule has 2 aromatic carbocycles. The minimum Gasteiger partial charge on any atom is -0.361 e. The highest BCUT2D eigenvalue weighted by molar-refractivity contribution is 9.10. The molecule has 0 aliphatic carbocycles. The lowest BCUT2D eigenvalue weighted by Gasteiger charge is -2.14. The Kier molecular flexibility index (Phi) is 3.90. The smallest absolute Gasteiger partial charge is 0.0457 e. The lowest BCUT2D eigenvalue weighted by Crippen LogP contribution is -2.17. The minimum absolute atomic E-state index is 0.336. The summed E-state index contributed by atoms with van der Waals surface area (Å²) in [5.74, 6) is 0. The summed E-state index contributed by atoms with van der Waals surface area (Å²) >= 11 is 3.47. The molecule has 0 saturated heterocycles. The molecule has 0 saturated carbocycles. The van der Waals surface area contributed by atoms with Crippen LogP contribution in [0.5, 0.6) is 0 Å². The number of nitrogens with one attached hydrogen (secondary N) is 2. The van der Waals surface area contributed by atoms with E-state index in [0.29, 0.717) is 6.04 Å². The van der Waals surface area contributed by atoms with Crippen molar-refractivity contribution in [3.8, 4) is 0 Å². The van der Waals surface area contributed by atoms with Gasteiger partial charge in [-0.05, 0) is 47.7 Å². The molecule has 1 atom stereocenters. The summed E-state index contributed by atoms with van der Waals surface area (Å²) in [6.07, 6.45) is 1.98. The van der Waals surface area contributed by atoms with Crippen LogP contribution in [0.25, 0.3) is 10.9 Å². The molecule has 2 nitrogen and oxygen atoms in total. The molecule has 20 heavy (non-hydrogen) atoms. The second-order valence-electron chi connectivity index (χ2n) is 5.05. The molecular weight excluding hydrogens is 312 g/mol. The Hall–Kier alpha value is -1.58. The van der Waals surface area contributed by atoms with E-state index < -0.39 is 0 Å². The monoisotopic (exact) mass is 328 g/mol. The second kappa shape index (κ2) is 5.81. The van der Waals surface area contributed by atoms with Crippen molar-refractivity contribution in [2.75, 3.05) is 0 Å². The van der Waals surface area contributed by atoms with Crippen molar-refractivity contribution in [2.24, 2.45) is 0 Å². The normalized spacial score (nSPS) is 12.7. The molecule has 0 amide bonds. The van der Waals surface area contributed by atoms with Crippen molar-refractivity contribution in [1.29, 1.82) is 0 Å². The summed E-state index contributed by atoms with van der Waals surface area (Å²) in [6, 6.07) is 17.4. The van der Waals surface area contributed by atoms with Gasteiger partial charge in [0.15, 0.2) is 0 Å². The van der Waals surface area contributed by atoms with Crippen molar-refractivity contribution in [1.82, 2.24) is 10.3 Å². The van der Waals surface area contributed by atoms with Crippen LogP contribution in [0.3, 0.4) is 0 Å². The van der Waals surface area contributed by atoms with Gasteiger partial charge in [-0.1, -0.05) is 40.2 Å². The maximum Gasteiger partial charge on any atom is 0.0457 e. The molecule has 1 unspecified atom stereocenters. The number of halogens is 1. The molecule has 0 spiro atoms. The van der Waals surface area contributed by atoms with Crippen molar-refractivity contribution < 1.29 is 0 Å². The second-order valence-corrected chi connectivity index (χ2v) is 5.97. The lowest BCUT2D eigenvalue weighted by molar-refractivity contribution is 0.575. The molecule has 3 aromatic rings. The van der Waals surface area contributed by atoms with Gasteiger partial charge in [0.25, 0.3) is 0 Å². The van der Waals surface area contributed by atoms with Gasteiger partial charge >= 0.3 is 0 Å². The number of aromatic nitrogens is 1. The third kappa shape index (κ3) is 2.94. The van der Waals surface area contributed by atoms with E-state index in [9.17, 15) is 0 Å². The molecule has 1 heterocycles. The zero-order valence-corrected chi connectivity index (χ0v) is 12.9. The summed E-state index contributed by atoms with van der Waals surface area (Å²) in [5.41, 5.74) is 3.79. The van der Waals surface area contributed by atoms with Gasteiger partial charge in [0.1, 0.15) is 0 Å². The predicted molar refractivity (Wildman–Crippen MR) is 87.7 cm³/mol. The zero-order valence-electron chi connectivity index (χ0n) is 11.4. The number of hydrogen-bond donors (Lipinski definition) is 2. The topological polar surface area (TPSA) is 27.8 Å². The van der Waals surface area contributed by atoms with E-state index in [1.54, 1.807) is 0 Å². The zero-order chi connectivity index (χ0) is 13.9. The fraction of sp³-hybridized carbons (Fsp3) is 0.176. The summed E-state index contributed by atoms with van der Waals surface area (Å²) in [7, 11) is 0. The largest absolute Gasteiger partial charge is 0.361 e. The quantitative estimate of drug-likeness (QED) is 0.708. The maximum absolute atomic E-state index is 3.56. The molecule has 3 heteroatoms. The molecule has 0 bridgehead atoms. The van der Waals surface area contributed by atoms with E-state index in [2.05, 4.69) is 81.7 Å². The maximum atomic E-state index is 3.56. The van der Waals surface area contributed by atoms with Crippen LogP contribution in [-0.4, -0.2) is 4.98 Å². The number of benzene rings is 2. The first-order valence-electron chi connectivity index (χ1n) is 6.77. The third-order valence-corrected chi connectivity index (χ3v) is 4.13. The van der Waals surface area contributed by atoms with Crippen molar-refractivity contribution in [3.05, 3.63) is 70.3 Å². The number of rotatable bonds is 4. The molecule has 2 N–H and O–H groups in total. The standard InChI is InChI=1S/C17H17BrN2/c1-12(14-4-6-16(18)7-5-14)20-11-13-2-3-15-8-9-19-17(15)10-13/h2-10,12,19-20H,11H2,1H3. The van der Waals surface area contributed by atoms with Crippen molar-refractivity contribution in [2.45, 2.75) is 19.5 Å². The Labute approximate surface area is 127 Å². The first-order valence-corrected chi connectivity index (χ1v) is 7.56. The van der Waals surface area contributed by atoms with Crippen molar-refractivity contribution >= 4 is 26.8 Å². The van der Waals surface area contributed by atoms with E-state index in [-0.39, 0.29) is 0 Å². The lowest BCUT2D eigenvalue weighted by atomic mass is 10.1. The summed E-state index contributed by atoms with van der Waals surface area (Å²) in [5, 5.41) is 4.82. The summed E-state index contributed by atoms with van der Waals surface area (Å²) in [4.78, 5) is 3.25. The number of hydrogen-bond acceptors (Lipinski definition) is 1. The summed E-state index contributed by atoms with van der Waals surface area (Å²) in [6.45, 7) is 3.06. The molecule has 0 radical (unpaired) electrons. The van der Waals surface area contributed by atoms with Gasteiger partial charge in [-0.15, -0.1) is 0 Å². The van der Waals surface area contributed by atoms with Gasteiger partial charge in [-0.25, -0.2) is 0 Å². The summed E-state index contributed by atoms with van der Waals surface area (Å²) < 4.78 is 1.12. The van der Waals surface area contributed by atoms with E-state index >= 15 is 0 Å². The van der Waals surface area contributed by atoms with Gasteiger partial charge in [0.2, 0.25) is 0 Å². The van der Waals surface area contributed by atoms with Crippen LogP contribution in [0, 0.1) is 0 Å². The van der Waals surface area contributed by atoms with Gasteiger partial charge in [-0.3, -0.25) is 0 Å². The highest BCUT2D eigenvalue weighted by Gasteiger charge is 2.05. The van der Waals surface area contributed by atoms with E-state index in [1.165, 1.54) is 22.0 Å². The van der Waals surface area contributed by atoms with Crippen LogP contribution < -0.4 is 5.32 Å². The molecule has 0 aliphatic rings. The highest BCUT2D eigenvalue weighted by Crippen LogP contribution is 2.18. The Bertz CT molecular complexity index is 700. The van der Waals surface area contributed by atoms with Crippen LogP contribution in [0.1, 0.15) is 24.1 Å². The molecule has 0 aliphatic heterocycles. The van der Waals surface area contributed by atoms with Gasteiger partial charge in [-0.2, -0.15) is 0 Å². The van der Waals surface area contributed by atoms with E-state index in [0.717, 1.165) is 11.0 Å². The first kappa shape index (κ1) is 13.4. The van der Waals surface area contributed by atoms with Crippen LogP contribution in [0.15, 0.2) is 59.2 Å². The predicted octanol–water partition coefficient (Wildman–Crippen LogP) is 4.78. The van der Waals surface area contributed by atoms with Crippen molar-refractivity contribution in [3.63, 3.8) is 0 Å². The molecule has 102 valence electrons. The van der Waals surface area contributed by atoms with Gasteiger partial charge in [0.05, 0.1) is 0 Å². The fourth-order valence-corrected chi connectivity index (χ4v) is 2.61. The Balaban J connectivity index is 1.67. The Morgan fingerprint density at radius 2 is 1.90 bits per heavy atom. The minimum atomic E-state index is 0.336. The Morgan fingerprint density at radius 3 is 2.70 bits per heavy atom. The molecule has 3 rings (SSSR count). The molecular formula is C17H17BrN2. The average Bonchev–Trinajstić information content (AvgIpc) is 2.93. The number of fused-ring (bicyclic) bond motifs is 1. The van der Waals surface area contributed by atoms with Gasteiger partial charge < -0.3 is 10.3 Å². The van der Waals surface area contributed by atoms with Crippen LogP contribution in [0.2, 0.25) is 0 Å². The molecule has 1 aromatic heterocycles. The van der Waals surface area contributed by atoms with E-state index in [4.69, 9.17) is 0 Å². The van der Waals surface area contributed by atoms with Crippen LogP contribution >= 0.6 is 15.9 Å².